The van der Waals surface area contributed by atoms with Gasteiger partial charge in [-0.25, -0.2) is 0 Å². The summed E-state index contributed by atoms with van der Waals surface area (Å²) >= 11 is 5.72. The Bertz CT molecular complexity index is 456. The Hall–Kier alpha value is -0.940. The molecule has 1 aromatic carbocycles. The summed E-state index contributed by atoms with van der Waals surface area (Å²) in [5.41, 5.74) is -0.768. The minimum atomic E-state index is -4.59. The number of alkyl halides is 3. The number of nitrogens with one attached hydrogen (secondary N) is 1. The maximum atomic E-state index is 12.8. The van der Waals surface area contributed by atoms with Gasteiger partial charge in [0, 0.05) is 5.02 Å². The van der Waals surface area contributed by atoms with E-state index in [4.69, 9.17) is 11.6 Å². The molecule has 1 aliphatic rings. The van der Waals surface area contributed by atoms with E-state index in [1.54, 1.807) is 0 Å². The molecule has 0 atom stereocenters. The molecule has 1 aromatic rings. The third-order valence-electron chi connectivity index (χ3n) is 3.43. The van der Waals surface area contributed by atoms with Gasteiger partial charge in [-0.05, 0) is 56.0 Å². The summed E-state index contributed by atoms with van der Waals surface area (Å²) in [7, 11) is 0. The van der Waals surface area contributed by atoms with E-state index in [1.807, 2.05) is 0 Å². The van der Waals surface area contributed by atoms with Crippen LogP contribution in [0.5, 0.6) is 5.75 Å². The van der Waals surface area contributed by atoms with Gasteiger partial charge in [-0.1, -0.05) is 11.6 Å². The van der Waals surface area contributed by atoms with Crippen LogP contribution in [0, 0.1) is 5.92 Å². The average molecular weight is 294 g/mol. The van der Waals surface area contributed by atoms with Crippen molar-refractivity contribution in [2.75, 3.05) is 13.1 Å². The molecule has 0 aliphatic carbocycles. The van der Waals surface area contributed by atoms with E-state index in [0.717, 1.165) is 32.0 Å². The Kier molecular flexibility index (Phi) is 4.26. The monoisotopic (exact) mass is 293 g/mol. The van der Waals surface area contributed by atoms with Gasteiger partial charge < -0.3 is 10.4 Å². The maximum Gasteiger partial charge on any atom is 0.420 e. The number of benzene rings is 1. The number of hydrogen-bond acceptors (Lipinski definition) is 2. The second-order valence-corrected chi connectivity index (χ2v) is 5.29. The van der Waals surface area contributed by atoms with Gasteiger partial charge in [-0.2, -0.15) is 13.2 Å². The standard InChI is InChI=1S/C13H15ClF3NO/c14-10-6-9(5-8-1-3-18-4-2-8)12(19)11(7-10)13(15,16)17/h6-8,18-19H,1-5H2. The summed E-state index contributed by atoms with van der Waals surface area (Å²) in [5.74, 6) is -0.401. The molecule has 1 heterocycles. The summed E-state index contributed by atoms with van der Waals surface area (Å²) in [6.45, 7) is 1.72. The molecular formula is C13H15ClF3NO. The highest BCUT2D eigenvalue weighted by atomic mass is 35.5. The van der Waals surface area contributed by atoms with Gasteiger partial charge in [0.25, 0.3) is 0 Å². The lowest BCUT2D eigenvalue weighted by Gasteiger charge is -2.23. The van der Waals surface area contributed by atoms with Crippen LogP contribution in [-0.4, -0.2) is 18.2 Å². The van der Waals surface area contributed by atoms with Crippen LogP contribution < -0.4 is 5.32 Å². The first kappa shape index (κ1) is 14.5. The Labute approximate surface area is 114 Å². The normalized spacial score (nSPS) is 17.7. The second-order valence-electron chi connectivity index (χ2n) is 4.86. The molecule has 0 unspecified atom stereocenters. The Morgan fingerprint density at radius 2 is 1.89 bits per heavy atom. The van der Waals surface area contributed by atoms with E-state index in [1.165, 1.54) is 6.07 Å². The molecule has 106 valence electrons. The van der Waals surface area contributed by atoms with Crippen LogP contribution in [0.1, 0.15) is 24.0 Å². The summed E-state index contributed by atoms with van der Waals surface area (Å²) in [4.78, 5) is 0. The van der Waals surface area contributed by atoms with E-state index in [2.05, 4.69) is 5.32 Å². The number of phenols is 1. The lowest BCUT2D eigenvalue weighted by atomic mass is 9.90. The molecule has 0 bridgehead atoms. The van der Waals surface area contributed by atoms with Crippen LogP contribution in [0.3, 0.4) is 0 Å². The number of piperidine rings is 1. The molecule has 0 saturated carbocycles. The van der Waals surface area contributed by atoms with Crippen LogP contribution in [0.15, 0.2) is 12.1 Å². The molecule has 0 radical (unpaired) electrons. The van der Waals surface area contributed by atoms with Crippen molar-refractivity contribution in [2.24, 2.45) is 5.92 Å². The molecule has 1 fully saturated rings. The predicted octanol–water partition coefficient (Wildman–Crippen LogP) is 3.61. The van der Waals surface area contributed by atoms with Gasteiger partial charge in [0.1, 0.15) is 5.75 Å². The van der Waals surface area contributed by atoms with Crippen molar-refractivity contribution in [3.05, 3.63) is 28.3 Å². The average Bonchev–Trinajstić information content (AvgIpc) is 2.33. The SMILES string of the molecule is Oc1c(CC2CCNCC2)cc(Cl)cc1C(F)(F)F. The fraction of sp³-hybridized carbons (Fsp3) is 0.538. The minimum Gasteiger partial charge on any atom is -0.507 e. The highest BCUT2D eigenvalue weighted by Crippen LogP contribution is 2.40. The lowest BCUT2D eigenvalue weighted by Crippen LogP contribution is -2.28. The fourth-order valence-electron chi connectivity index (χ4n) is 2.42. The van der Waals surface area contributed by atoms with Crippen molar-refractivity contribution in [3.63, 3.8) is 0 Å². The Morgan fingerprint density at radius 3 is 2.47 bits per heavy atom. The summed E-state index contributed by atoms with van der Waals surface area (Å²) in [6.07, 6.45) is -2.37. The molecular weight excluding hydrogens is 279 g/mol. The minimum absolute atomic E-state index is 0.00839. The summed E-state index contributed by atoms with van der Waals surface area (Å²) < 4.78 is 38.3. The molecule has 19 heavy (non-hydrogen) atoms. The van der Waals surface area contributed by atoms with Crippen molar-refractivity contribution in [1.82, 2.24) is 5.32 Å². The van der Waals surface area contributed by atoms with Crippen LogP contribution in [0.25, 0.3) is 0 Å². The third kappa shape index (κ3) is 3.54. The zero-order valence-electron chi connectivity index (χ0n) is 10.2. The van der Waals surface area contributed by atoms with Crippen LogP contribution in [0.2, 0.25) is 5.02 Å². The van der Waals surface area contributed by atoms with E-state index in [-0.39, 0.29) is 16.5 Å². The second kappa shape index (κ2) is 5.59. The third-order valence-corrected chi connectivity index (χ3v) is 3.64. The Morgan fingerprint density at radius 1 is 1.26 bits per heavy atom. The predicted molar refractivity (Wildman–Crippen MR) is 67.4 cm³/mol. The number of hydrogen-bond donors (Lipinski definition) is 2. The Balaban J connectivity index is 2.27. The quantitative estimate of drug-likeness (QED) is 0.873. The van der Waals surface area contributed by atoms with E-state index < -0.39 is 17.5 Å². The van der Waals surface area contributed by atoms with Crippen molar-refractivity contribution >= 4 is 11.6 Å². The van der Waals surface area contributed by atoms with Gasteiger partial charge in [0.15, 0.2) is 0 Å². The zero-order valence-corrected chi connectivity index (χ0v) is 11.0. The van der Waals surface area contributed by atoms with E-state index >= 15 is 0 Å². The van der Waals surface area contributed by atoms with Crippen LogP contribution >= 0.6 is 11.6 Å². The number of halogens is 4. The first-order valence-corrected chi connectivity index (χ1v) is 6.55. The zero-order chi connectivity index (χ0) is 14.0. The van der Waals surface area contributed by atoms with Gasteiger partial charge in [-0.3, -0.25) is 0 Å². The van der Waals surface area contributed by atoms with Crippen LogP contribution in [-0.2, 0) is 12.6 Å². The van der Waals surface area contributed by atoms with E-state index in [9.17, 15) is 18.3 Å². The molecule has 2 rings (SSSR count). The largest absolute Gasteiger partial charge is 0.507 e. The van der Waals surface area contributed by atoms with Gasteiger partial charge in [0.05, 0.1) is 5.56 Å². The fourth-order valence-corrected chi connectivity index (χ4v) is 2.67. The molecule has 0 amide bonds. The first-order chi connectivity index (χ1) is 8.88. The molecule has 1 saturated heterocycles. The van der Waals surface area contributed by atoms with E-state index in [0.29, 0.717) is 6.42 Å². The number of aromatic hydroxyl groups is 1. The molecule has 2 nitrogen and oxygen atoms in total. The number of rotatable bonds is 2. The van der Waals surface area contributed by atoms with Gasteiger partial charge >= 0.3 is 6.18 Å². The molecule has 6 heteroatoms. The smallest absolute Gasteiger partial charge is 0.420 e. The highest BCUT2D eigenvalue weighted by Gasteiger charge is 2.35. The molecule has 0 spiro atoms. The highest BCUT2D eigenvalue weighted by molar-refractivity contribution is 6.30. The van der Waals surface area contributed by atoms with Gasteiger partial charge in [-0.15, -0.1) is 0 Å². The van der Waals surface area contributed by atoms with Crippen molar-refractivity contribution in [2.45, 2.75) is 25.4 Å². The molecule has 1 aliphatic heterocycles. The molecule has 2 N–H and O–H groups in total. The van der Waals surface area contributed by atoms with Crippen LogP contribution in [0.4, 0.5) is 13.2 Å². The number of phenolic OH excluding ortho intramolecular Hbond substituents is 1. The van der Waals surface area contributed by atoms with Crippen molar-refractivity contribution in [3.8, 4) is 5.75 Å². The molecule has 0 aromatic heterocycles. The first-order valence-electron chi connectivity index (χ1n) is 6.17. The van der Waals surface area contributed by atoms with Crippen molar-refractivity contribution < 1.29 is 18.3 Å². The lowest BCUT2D eigenvalue weighted by molar-refractivity contribution is -0.138. The summed E-state index contributed by atoms with van der Waals surface area (Å²) in [6, 6.07) is 2.19. The summed E-state index contributed by atoms with van der Waals surface area (Å²) in [5, 5.41) is 13.0. The maximum absolute atomic E-state index is 12.8. The topological polar surface area (TPSA) is 32.3 Å². The van der Waals surface area contributed by atoms with Gasteiger partial charge in [0.2, 0.25) is 0 Å². The van der Waals surface area contributed by atoms with Crippen molar-refractivity contribution in [1.29, 1.82) is 0 Å².